The fraction of sp³-hybridized carbons (Fsp3) is 0.571. The maximum atomic E-state index is 12.1. The van der Waals surface area contributed by atoms with Crippen molar-refractivity contribution in [2.24, 2.45) is 0 Å². The highest BCUT2D eigenvalue weighted by Crippen LogP contribution is 2.26. The zero-order valence-electron chi connectivity index (χ0n) is 11.5. The molecule has 5 heteroatoms. The molecule has 0 bridgehead atoms. The van der Waals surface area contributed by atoms with Gasteiger partial charge in [-0.15, -0.1) is 0 Å². The number of nitrogens with one attached hydrogen (secondary N) is 2. The number of hydrogen-bond acceptors (Lipinski definition) is 4. The molecule has 1 aliphatic rings. The molecular weight excluding hydrogens is 258 g/mol. The van der Waals surface area contributed by atoms with Crippen molar-refractivity contribution in [1.82, 2.24) is 10.3 Å². The van der Waals surface area contributed by atoms with Crippen LogP contribution in [-0.4, -0.2) is 35.5 Å². The number of nitrogens with zero attached hydrogens (tertiary/aromatic N) is 1. The average Bonchev–Trinajstić information content (AvgIpc) is 2.48. The number of amides is 1. The standard InChI is InChI=1S/C14H21N3OS/c1-15-13-8-3-10(9-16-13)14(18)17-11-4-6-12(19-2)7-5-11/h3,8-9,11-12H,4-7H2,1-2H3,(H,15,16)(H,17,18). The van der Waals surface area contributed by atoms with Gasteiger partial charge in [0.05, 0.1) is 5.56 Å². The van der Waals surface area contributed by atoms with E-state index in [-0.39, 0.29) is 5.91 Å². The van der Waals surface area contributed by atoms with Crippen molar-refractivity contribution in [3.8, 4) is 0 Å². The second kappa shape index (κ2) is 6.80. The highest BCUT2D eigenvalue weighted by molar-refractivity contribution is 7.99. The lowest BCUT2D eigenvalue weighted by Crippen LogP contribution is -2.38. The number of anilines is 1. The Hall–Kier alpha value is -1.23. The summed E-state index contributed by atoms with van der Waals surface area (Å²) in [6, 6.07) is 3.95. The maximum Gasteiger partial charge on any atom is 0.253 e. The highest BCUT2D eigenvalue weighted by Gasteiger charge is 2.22. The molecular formula is C14H21N3OS. The van der Waals surface area contributed by atoms with Crippen LogP contribution >= 0.6 is 11.8 Å². The molecule has 0 radical (unpaired) electrons. The van der Waals surface area contributed by atoms with Gasteiger partial charge in [-0.1, -0.05) is 0 Å². The van der Waals surface area contributed by atoms with Crippen LogP contribution in [0.15, 0.2) is 18.3 Å². The summed E-state index contributed by atoms with van der Waals surface area (Å²) in [7, 11) is 1.81. The van der Waals surface area contributed by atoms with Gasteiger partial charge in [0.15, 0.2) is 0 Å². The molecule has 1 fully saturated rings. The number of carbonyl (C=O) groups is 1. The minimum absolute atomic E-state index is 0.0113. The van der Waals surface area contributed by atoms with Gasteiger partial charge in [-0.25, -0.2) is 4.98 Å². The van der Waals surface area contributed by atoms with E-state index in [0.29, 0.717) is 11.6 Å². The van der Waals surface area contributed by atoms with Crippen molar-refractivity contribution < 1.29 is 4.79 Å². The summed E-state index contributed by atoms with van der Waals surface area (Å²) in [5.74, 6) is 0.764. The van der Waals surface area contributed by atoms with E-state index in [2.05, 4.69) is 21.9 Å². The van der Waals surface area contributed by atoms with Gasteiger partial charge < -0.3 is 10.6 Å². The molecule has 0 unspecified atom stereocenters. The van der Waals surface area contributed by atoms with Crippen LogP contribution in [0.25, 0.3) is 0 Å². The molecule has 1 heterocycles. The predicted molar refractivity (Wildman–Crippen MR) is 80.8 cm³/mol. The Morgan fingerprint density at radius 3 is 2.58 bits per heavy atom. The molecule has 0 aromatic carbocycles. The first-order valence-corrected chi connectivity index (χ1v) is 7.99. The molecule has 4 nitrogen and oxygen atoms in total. The van der Waals surface area contributed by atoms with Gasteiger partial charge in [-0.2, -0.15) is 11.8 Å². The summed E-state index contributed by atoms with van der Waals surface area (Å²) < 4.78 is 0. The van der Waals surface area contributed by atoms with Gasteiger partial charge in [0.2, 0.25) is 0 Å². The fourth-order valence-corrected chi connectivity index (χ4v) is 3.13. The summed E-state index contributed by atoms with van der Waals surface area (Å²) in [6.07, 6.45) is 8.35. The van der Waals surface area contributed by atoms with Crippen LogP contribution < -0.4 is 10.6 Å². The van der Waals surface area contributed by atoms with Crippen molar-refractivity contribution in [1.29, 1.82) is 0 Å². The molecule has 0 atom stereocenters. The molecule has 0 spiro atoms. The predicted octanol–water partition coefficient (Wildman–Crippen LogP) is 2.53. The SMILES string of the molecule is CNc1ccc(C(=O)NC2CCC(SC)CC2)cn1. The van der Waals surface area contributed by atoms with Crippen molar-refractivity contribution >= 4 is 23.5 Å². The van der Waals surface area contributed by atoms with Gasteiger partial charge in [0.1, 0.15) is 5.82 Å². The zero-order valence-corrected chi connectivity index (χ0v) is 12.3. The Bertz CT molecular complexity index is 413. The third-order valence-electron chi connectivity index (χ3n) is 3.62. The van der Waals surface area contributed by atoms with Gasteiger partial charge in [-0.05, 0) is 44.1 Å². The second-order valence-corrected chi connectivity index (χ2v) is 6.00. The third-order valence-corrected chi connectivity index (χ3v) is 4.76. The topological polar surface area (TPSA) is 54.0 Å². The van der Waals surface area contributed by atoms with E-state index in [0.717, 1.165) is 23.9 Å². The number of aromatic nitrogens is 1. The van der Waals surface area contributed by atoms with Crippen LogP contribution in [0.3, 0.4) is 0 Å². The zero-order chi connectivity index (χ0) is 13.7. The average molecular weight is 279 g/mol. The first kappa shape index (κ1) is 14.2. The molecule has 0 saturated heterocycles. The van der Waals surface area contributed by atoms with Crippen LogP contribution in [0.4, 0.5) is 5.82 Å². The Morgan fingerprint density at radius 1 is 1.32 bits per heavy atom. The minimum atomic E-state index is -0.0113. The molecule has 2 rings (SSSR count). The van der Waals surface area contributed by atoms with Gasteiger partial charge in [-0.3, -0.25) is 4.79 Å². The molecule has 0 aliphatic heterocycles. The molecule has 2 N–H and O–H groups in total. The molecule has 1 aliphatic carbocycles. The Balaban J connectivity index is 1.87. The van der Waals surface area contributed by atoms with Crippen LogP contribution in [0.5, 0.6) is 0 Å². The summed E-state index contributed by atoms with van der Waals surface area (Å²) >= 11 is 1.94. The minimum Gasteiger partial charge on any atom is -0.373 e. The summed E-state index contributed by atoms with van der Waals surface area (Å²) in [4.78, 5) is 16.2. The number of hydrogen-bond donors (Lipinski definition) is 2. The molecule has 19 heavy (non-hydrogen) atoms. The number of pyridine rings is 1. The molecule has 1 amide bonds. The number of rotatable bonds is 4. The molecule has 1 aromatic rings. The second-order valence-electron chi connectivity index (χ2n) is 4.86. The van der Waals surface area contributed by atoms with E-state index in [1.165, 1.54) is 12.8 Å². The van der Waals surface area contributed by atoms with E-state index < -0.39 is 0 Å². The monoisotopic (exact) mass is 279 g/mol. The Kier molecular flexibility index (Phi) is 5.07. The normalized spacial score (nSPS) is 22.8. The van der Waals surface area contributed by atoms with Gasteiger partial charge in [0.25, 0.3) is 5.91 Å². The lowest BCUT2D eigenvalue weighted by molar-refractivity contribution is 0.0928. The van der Waals surface area contributed by atoms with E-state index in [4.69, 9.17) is 0 Å². The first-order chi connectivity index (χ1) is 9.22. The smallest absolute Gasteiger partial charge is 0.253 e. The van der Waals surface area contributed by atoms with Gasteiger partial charge >= 0.3 is 0 Å². The van der Waals surface area contributed by atoms with Crippen LogP contribution in [0.2, 0.25) is 0 Å². The van der Waals surface area contributed by atoms with Crippen molar-refractivity contribution in [3.63, 3.8) is 0 Å². The highest BCUT2D eigenvalue weighted by atomic mass is 32.2. The Morgan fingerprint density at radius 2 is 2.05 bits per heavy atom. The van der Waals surface area contributed by atoms with Crippen molar-refractivity contribution in [3.05, 3.63) is 23.9 Å². The quantitative estimate of drug-likeness (QED) is 0.889. The van der Waals surface area contributed by atoms with Crippen molar-refractivity contribution in [2.75, 3.05) is 18.6 Å². The first-order valence-electron chi connectivity index (χ1n) is 6.70. The Labute approximate surface area is 118 Å². The van der Waals surface area contributed by atoms with E-state index in [1.807, 2.05) is 30.9 Å². The summed E-state index contributed by atoms with van der Waals surface area (Å²) in [5, 5.41) is 6.82. The van der Waals surface area contributed by atoms with Crippen LogP contribution in [-0.2, 0) is 0 Å². The van der Waals surface area contributed by atoms with E-state index in [9.17, 15) is 4.79 Å². The molecule has 1 aromatic heterocycles. The third kappa shape index (κ3) is 3.86. The number of carbonyl (C=O) groups excluding carboxylic acids is 1. The summed E-state index contributed by atoms with van der Waals surface area (Å²) in [5.41, 5.74) is 0.631. The molecule has 104 valence electrons. The largest absolute Gasteiger partial charge is 0.373 e. The molecule has 1 saturated carbocycles. The fourth-order valence-electron chi connectivity index (χ4n) is 2.39. The van der Waals surface area contributed by atoms with E-state index in [1.54, 1.807) is 6.20 Å². The van der Waals surface area contributed by atoms with Gasteiger partial charge in [0, 0.05) is 24.5 Å². The summed E-state index contributed by atoms with van der Waals surface area (Å²) in [6.45, 7) is 0. The van der Waals surface area contributed by atoms with Crippen LogP contribution in [0.1, 0.15) is 36.0 Å². The van der Waals surface area contributed by atoms with E-state index >= 15 is 0 Å². The number of thioether (sulfide) groups is 1. The lowest BCUT2D eigenvalue weighted by Gasteiger charge is -2.28. The van der Waals surface area contributed by atoms with Crippen molar-refractivity contribution in [2.45, 2.75) is 37.0 Å². The van der Waals surface area contributed by atoms with Crippen LogP contribution in [0, 0.1) is 0 Å². The lowest BCUT2D eigenvalue weighted by atomic mass is 9.95. The maximum absolute atomic E-state index is 12.1.